The summed E-state index contributed by atoms with van der Waals surface area (Å²) in [7, 11) is 0. The average Bonchev–Trinajstić information content (AvgIpc) is 3.04. The van der Waals surface area contributed by atoms with E-state index in [-0.39, 0.29) is 6.09 Å². The second kappa shape index (κ2) is 6.34. The molecule has 1 amide bonds. The van der Waals surface area contributed by atoms with E-state index in [0.717, 1.165) is 21.2 Å². The van der Waals surface area contributed by atoms with Gasteiger partial charge >= 0.3 is 6.09 Å². The van der Waals surface area contributed by atoms with Crippen molar-refractivity contribution in [2.75, 3.05) is 18.8 Å². The van der Waals surface area contributed by atoms with E-state index in [9.17, 15) is 4.79 Å². The lowest BCUT2D eigenvalue weighted by molar-refractivity contribution is 0.0287. The highest BCUT2D eigenvalue weighted by Crippen LogP contribution is 2.26. The number of hydrogen-bond donors (Lipinski definition) is 1. The fourth-order valence-corrected chi connectivity index (χ4v) is 3.61. The summed E-state index contributed by atoms with van der Waals surface area (Å²) in [4.78, 5) is 22.3. The number of carbonyl (C=O) groups excluding carboxylic acids is 1. The summed E-state index contributed by atoms with van der Waals surface area (Å²) in [6.45, 7) is 7.68. The van der Waals surface area contributed by atoms with Crippen LogP contribution in [0.25, 0.3) is 11.0 Å². The molecule has 0 radical (unpaired) electrons. The highest BCUT2D eigenvalue weighted by Gasteiger charge is 2.30. The molecule has 0 bridgehead atoms. The quantitative estimate of drug-likeness (QED) is 0.714. The van der Waals surface area contributed by atoms with Crippen molar-refractivity contribution < 1.29 is 9.53 Å². The van der Waals surface area contributed by atoms with E-state index in [0.29, 0.717) is 31.4 Å². The first-order valence-electron chi connectivity index (χ1n) is 7.85. The minimum absolute atomic E-state index is 0.253. The van der Waals surface area contributed by atoms with Crippen LogP contribution in [0.4, 0.5) is 10.6 Å². The summed E-state index contributed by atoms with van der Waals surface area (Å²) < 4.78 is 8.09. The number of rotatable bonds is 2. The number of nitrogen functional groups attached to an aromatic ring is 1. The Morgan fingerprint density at radius 3 is 2.92 bits per heavy atom. The smallest absolute Gasteiger partial charge is 0.410 e. The normalized spacial score (nSPS) is 18.3. The second-order valence-corrected chi connectivity index (χ2v) is 8.03. The van der Waals surface area contributed by atoms with Crippen LogP contribution in [0.5, 0.6) is 0 Å². The van der Waals surface area contributed by atoms with Crippen LogP contribution in [0, 0.1) is 9.62 Å². The molecule has 0 aromatic carbocycles. The number of anilines is 1. The summed E-state index contributed by atoms with van der Waals surface area (Å²) in [5.41, 5.74) is 6.18. The van der Waals surface area contributed by atoms with Gasteiger partial charge in [0.15, 0.2) is 5.65 Å². The third-order valence-corrected chi connectivity index (χ3v) is 4.64. The standard InChI is InChI=1S/C15H21IN6O2/c1-15(2,3)24-14(23)21-5-4-9(6-21)7-22-13-10(11(16)20-22)12(17)18-8-19-13/h8-9H,4-7H2,1-3H3,(H2,17,18,19). The zero-order valence-corrected chi connectivity index (χ0v) is 16.1. The van der Waals surface area contributed by atoms with E-state index in [1.165, 1.54) is 6.33 Å². The number of nitrogens with zero attached hydrogens (tertiary/aromatic N) is 5. The molecule has 8 nitrogen and oxygen atoms in total. The van der Waals surface area contributed by atoms with E-state index < -0.39 is 5.60 Å². The molecule has 2 aromatic heterocycles. The predicted molar refractivity (Wildman–Crippen MR) is 98.4 cm³/mol. The number of ether oxygens (including phenoxy) is 1. The Morgan fingerprint density at radius 2 is 2.21 bits per heavy atom. The maximum Gasteiger partial charge on any atom is 0.410 e. The van der Waals surface area contributed by atoms with Gasteiger partial charge < -0.3 is 15.4 Å². The average molecular weight is 444 g/mol. The van der Waals surface area contributed by atoms with Crippen LogP contribution >= 0.6 is 22.6 Å². The van der Waals surface area contributed by atoms with E-state index in [2.05, 4.69) is 37.7 Å². The van der Waals surface area contributed by atoms with Gasteiger partial charge in [0.2, 0.25) is 0 Å². The largest absolute Gasteiger partial charge is 0.444 e. The second-order valence-electron chi connectivity index (χ2n) is 7.01. The molecule has 130 valence electrons. The molecule has 24 heavy (non-hydrogen) atoms. The zero-order chi connectivity index (χ0) is 17.5. The molecule has 1 aliphatic rings. The molecule has 0 spiro atoms. The van der Waals surface area contributed by atoms with Gasteiger partial charge in [-0.2, -0.15) is 5.10 Å². The van der Waals surface area contributed by atoms with Crippen LogP contribution in [0.15, 0.2) is 6.33 Å². The number of hydrogen-bond acceptors (Lipinski definition) is 6. The summed E-state index contributed by atoms with van der Waals surface area (Å²) in [5.74, 6) is 0.755. The van der Waals surface area contributed by atoms with Gasteiger partial charge in [0.1, 0.15) is 21.4 Å². The van der Waals surface area contributed by atoms with Crippen molar-refractivity contribution >= 4 is 45.5 Å². The first kappa shape index (κ1) is 17.2. The molecular formula is C15H21IN6O2. The minimum Gasteiger partial charge on any atom is -0.444 e. The van der Waals surface area contributed by atoms with E-state index in [1.807, 2.05) is 25.5 Å². The lowest BCUT2D eigenvalue weighted by Gasteiger charge is -2.24. The number of aromatic nitrogens is 4. The maximum absolute atomic E-state index is 12.2. The zero-order valence-electron chi connectivity index (χ0n) is 14.0. The SMILES string of the molecule is CC(C)(C)OC(=O)N1CCC(Cn2nc(I)c3c(N)ncnc32)C1. The number of nitrogens with two attached hydrogens (primary N) is 1. The summed E-state index contributed by atoms with van der Waals surface area (Å²) in [6, 6.07) is 0. The van der Waals surface area contributed by atoms with Gasteiger partial charge in [-0.25, -0.2) is 19.4 Å². The Kier molecular flexibility index (Phi) is 4.54. The van der Waals surface area contributed by atoms with Gasteiger partial charge in [0.25, 0.3) is 0 Å². The van der Waals surface area contributed by atoms with Crippen molar-refractivity contribution in [3.05, 3.63) is 10.0 Å². The van der Waals surface area contributed by atoms with Gasteiger partial charge in [0.05, 0.1) is 5.39 Å². The molecule has 3 rings (SSSR count). The number of likely N-dealkylation sites (tertiary alicyclic amines) is 1. The Morgan fingerprint density at radius 1 is 1.46 bits per heavy atom. The summed E-state index contributed by atoms with van der Waals surface area (Å²) in [6.07, 6.45) is 2.11. The van der Waals surface area contributed by atoms with Gasteiger partial charge in [-0.05, 0) is 55.7 Å². The van der Waals surface area contributed by atoms with Crippen molar-refractivity contribution in [1.29, 1.82) is 0 Å². The van der Waals surface area contributed by atoms with Crippen molar-refractivity contribution in [2.24, 2.45) is 5.92 Å². The molecule has 1 saturated heterocycles. The van der Waals surface area contributed by atoms with Crippen molar-refractivity contribution in [3.63, 3.8) is 0 Å². The van der Waals surface area contributed by atoms with Crippen LogP contribution in [0.1, 0.15) is 27.2 Å². The topological polar surface area (TPSA) is 99.2 Å². The minimum atomic E-state index is -0.474. The molecule has 1 atom stereocenters. The van der Waals surface area contributed by atoms with Crippen LogP contribution in [0.3, 0.4) is 0 Å². The van der Waals surface area contributed by atoms with E-state index in [4.69, 9.17) is 10.5 Å². The fourth-order valence-electron chi connectivity index (χ4n) is 2.83. The van der Waals surface area contributed by atoms with E-state index in [1.54, 1.807) is 4.90 Å². The van der Waals surface area contributed by atoms with Gasteiger partial charge in [0, 0.05) is 19.6 Å². The lowest BCUT2D eigenvalue weighted by atomic mass is 10.1. The maximum atomic E-state index is 12.2. The Hall–Kier alpha value is -1.65. The van der Waals surface area contributed by atoms with Gasteiger partial charge in [-0.15, -0.1) is 0 Å². The molecule has 1 fully saturated rings. The Balaban J connectivity index is 1.70. The van der Waals surface area contributed by atoms with Crippen LogP contribution in [-0.4, -0.2) is 49.4 Å². The van der Waals surface area contributed by atoms with Crippen molar-refractivity contribution in [1.82, 2.24) is 24.6 Å². The van der Waals surface area contributed by atoms with Crippen LogP contribution in [0.2, 0.25) is 0 Å². The highest BCUT2D eigenvalue weighted by molar-refractivity contribution is 14.1. The molecule has 0 saturated carbocycles. The van der Waals surface area contributed by atoms with Gasteiger partial charge in [-0.1, -0.05) is 0 Å². The number of fused-ring (bicyclic) bond motifs is 1. The lowest BCUT2D eigenvalue weighted by Crippen LogP contribution is -2.35. The first-order chi connectivity index (χ1) is 11.2. The van der Waals surface area contributed by atoms with Crippen LogP contribution < -0.4 is 5.73 Å². The number of amides is 1. The third-order valence-electron chi connectivity index (χ3n) is 3.88. The molecular weight excluding hydrogens is 423 g/mol. The number of halogens is 1. The molecule has 0 aliphatic carbocycles. The molecule has 9 heteroatoms. The third kappa shape index (κ3) is 3.55. The van der Waals surface area contributed by atoms with Gasteiger partial charge in [-0.3, -0.25) is 0 Å². The van der Waals surface area contributed by atoms with Crippen LogP contribution in [-0.2, 0) is 11.3 Å². The molecule has 3 heterocycles. The molecule has 1 unspecified atom stereocenters. The Labute approximate surface area is 153 Å². The fraction of sp³-hybridized carbons (Fsp3) is 0.600. The summed E-state index contributed by atoms with van der Waals surface area (Å²) >= 11 is 2.14. The molecule has 1 aliphatic heterocycles. The van der Waals surface area contributed by atoms with E-state index >= 15 is 0 Å². The summed E-state index contributed by atoms with van der Waals surface area (Å²) in [5, 5.41) is 5.32. The van der Waals surface area contributed by atoms with Crippen molar-refractivity contribution in [3.8, 4) is 0 Å². The first-order valence-corrected chi connectivity index (χ1v) is 8.93. The molecule has 2 aromatic rings. The Bertz CT molecular complexity index is 769. The monoisotopic (exact) mass is 444 g/mol. The highest BCUT2D eigenvalue weighted by atomic mass is 127. The molecule has 2 N–H and O–H groups in total. The van der Waals surface area contributed by atoms with Crippen molar-refractivity contribution in [2.45, 2.75) is 39.3 Å². The number of carbonyl (C=O) groups is 1. The predicted octanol–water partition coefficient (Wildman–Crippen LogP) is 2.27.